The molecule has 0 unspecified atom stereocenters. The van der Waals surface area contributed by atoms with Gasteiger partial charge in [-0.15, -0.1) is 24.8 Å². The number of aromatic nitrogens is 2. The molecule has 1 aromatic carbocycles. The Hall–Kier alpha value is -1.89. The van der Waals surface area contributed by atoms with Gasteiger partial charge in [-0.2, -0.15) is 0 Å². The van der Waals surface area contributed by atoms with Crippen molar-refractivity contribution in [3.05, 3.63) is 53.5 Å². The van der Waals surface area contributed by atoms with E-state index in [1.807, 2.05) is 11.0 Å². The molecule has 2 aliphatic rings. The Bertz CT molecular complexity index is 795. The van der Waals surface area contributed by atoms with E-state index in [1.165, 1.54) is 11.1 Å². The van der Waals surface area contributed by atoms with E-state index < -0.39 is 0 Å². The summed E-state index contributed by atoms with van der Waals surface area (Å²) in [4.78, 5) is 25.4. The normalized spacial score (nSPS) is 21.4. The van der Waals surface area contributed by atoms with Gasteiger partial charge in [0.15, 0.2) is 0 Å². The van der Waals surface area contributed by atoms with E-state index in [4.69, 9.17) is 5.73 Å². The molecule has 1 aromatic heterocycles. The summed E-state index contributed by atoms with van der Waals surface area (Å²) in [5, 5.41) is 0. The largest absolute Gasteiger partial charge is 0.345 e. The second-order valence-corrected chi connectivity index (χ2v) is 7.45. The number of nitrogens with zero attached hydrogens (tertiary/aromatic N) is 4. The predicted molar refractivity (Wildman–Crippen MR) is 115 cm³/mol. The lowest BCUT2D eigenvalue weighted by Crippen LogP contribution is -2.50. The van der Waals surface area contributed by atoms with Gasteiger partial charge < -0.3 is 15.5 Å². The molecular formula is C20H27Cl2N5O. The van der Waals surface area contributed by atoms with Crippen molar-refractivity contribution in [3.63, 3.8) is 0 Å². The molecule has 2 heterocycles. The van der Waals surface area contributed by atoms with Crippen LogP contribution in [-0.4, -0.2) is 46.5 Å². The summed E-state index contributed by atoms with van der Waals surface area (Å²) in [5.74, 6) is 1.42. The molecule has 8 heteroatoms. The molecule has 6 nitrogen and oxygen atoms in total. The summed E-state index contributed by atoms with van der Waals surface area (Å²) in [6.07, 6.45) is 3.58. The maximum Gasteiger partial charge on any atom is 0.242 e. The second-order valence-electron chi connectivity index (χ2n) is 7.45. The lowest BCUT2D eigenvalue weighted by molar-refractivity contribution is -0.131. The number of carbonyl (C=O) groups excluding carboxylic acids is 1. The fraction of sp³-hybridized carbons (Fsp3) is 0.450. The summed E-state index contributed by atoms with van der Waals surface area (Å²) in [6, 6.07) is 10.7. The van der Waals surface area contributed by atoms with Crippen LogP contribution in [0.3, 0.4) is 0 Å². The Morgan fingerprint density at radius 3 is 2.46 bits per heavy atom. The van der Waals surface area contributed by atoms with Gasteiger partial charge in [-0.1, -0.05) is 29.8 Å². The zero-order valence-electron chi connectivity index (χ0n) is 16.0. The topological polar surface area (TPSA) is 75.3 Å². The van der Waals surface area contributed by atoms with Crippen molar-refractivity contribution in [3.8, 4) is 0 Å². The molecule has 1 amide bonds. The summed E-state index contributed by atoms with van der Waals surface area (Å²) in [7, 11) is 0. The summed E-state index contributed by atoms with van der Waals surface area (Å²) in [6.45, 7) is 4.61. The van der Waals surface area contributed by atoms with Crippen LogP contribution in [0.5, 0.6) is 0 Å². The summed E-state index contributed by atoms with van der Waals surface area (Å²) in [5.41, 5.74) is 9.34. The zero-order chi connectivity index (χ0) is 18.1. The third kappa shape index (κ3) is 4.93. The Morgan fingerprint density at radius 1 is 1.11 bits per heavy atom. The number of aryl methyl sites for hydroxylation is 1. The Balaban J connectivity index is 0.00000140. The van der Waals surface area contributed by atoms with Crippen molar-refractivity contribution in [2.75, 3.05) is 24.5 Å². The van der Waals surface area contributed by atoms with Gasteiger partial charge in [0.25, 0.3) is 0 Å². The van der Waals surface area contributed by atoms with Crippen LogP contribution < -0.4 is 10.6 Å². The highest BCUT2D eigenvalue weighted by Gasteiger charge is 2.30. The zero-order valence-corrected chi connectivity index (χ0v) is 17.6. The van der Waals surface area contributed by atoms with Crippen LogP contribution in [-0.2, 0) is 11.3 Å². The van der Waals surface area contributed by atoms with E-state index in [0.29, 0.717) is 31.6 Å². The molecule has 1 saturated heterocycles. The van der Waals surface area contributed by atoms with Crippen LogP contribution in [0, 0.1) is 6.92 Å². The number of hydrogen-bond donors (Lipinski definition) is 1. The minimum atomic E-state index is 0. The van der Waals surface area contributed by atoms with Gasteiger partial charge in [0.05, 0.1) is 6.54 Å². The molecule has 1 aliphatic carbocycles. The molecular weight excluding hydrogens is 397 g/mol. The van der Waals surface area contributed by atoms with E-state index in [1.54, 1.807) is 6.33 Å². The van der Waals surface area contributed by atoms with Crippen molar-refractivity contribution < 1.29 is 4.79 Å². The first-order valence-corrected chi connectivity index (χ1v) is 9.24. The van der Waals surface area contributed by atoms with E-state index >= 15 is 0 Å². The molecule has 0 spiro atoms. The van der Waals surface area contributed by atoms with Crippen molar-refractivity contribution in [1.82, 2.24) is 14.9 Å². The SMILES string of the molecule is Cc1ccc(CN2CCN(c3cc(C4CC(N)C4)ncn3)CC2=O)cc1.Cl.Cl. The third-order valence-corrected chi connectivity index (χ3v) is 5.40. The number of piperazine rings is 1. The highest BCUT2D eigenvalue weighted by atomic mass is 35.5. The van der Waals surface area contributed by atoms with Crippen LogP contribution >= 0.6 is 24.8 Å². The summed E-state index contributed by atoms with van der Waals surface area (Å²) < 4.78 is 0. The Kier molecular flexibility index (Phi) is 7.63. The molecule has 28 heavy (non-hydrogen) atoms. The number of halogens is 2. The molecule has 4 rings (SSSR count). The highest BCUT2D eigenvalue weighted by molar-refractivity contribution is 5.85. The van der Waals surface area contributed by atoms with E-state index in [-0.39, 0.29) is 30.7 Å². The smallest absolute Gasteiger partial charge is 0.242 e. The molecule has 2 N–H and O–H groups in total. The number of amides is 1. The van der Waals surface area contributed by atoms with E-state index in [2.05, 4.69) is 46.1 Å². The van der Waals surface area contributed by atoms with E-state index in [9.17, 15) is 4.79 Å². The average Bonchev–Trinajstić information content (AvgIpc) is 2.62. The molecule has 0 radical (unpaired) electrons. The monoisotopic (exact) mass is 423 g/mol. The third-order valence-electron chi connectivity index (χ3n) is 5.40. The molecule has 0 bridgehead atoms. The van der Waals surface area contributed by atoms with Gasteiger partial charge >= 0.3 is 0 Å². The molecule has 1 saturated carbocycles. The van der Waals surface area contributed by atoms with Crippen molar-refractivity contribution >= 4 is 36.5 Å². The molecule has 2 fully saturated rings. The van der Waals surface area contributed by atoms with Gasteiger partial charge in [-0.05, 0) is 25.3 Å². The number of benzene rings is 1. The van der Waals surface area contributed by atoms with E-state index in [0.717, 1.165) is 30.9 Å². The number of hydrogen-bond acceptors (Lipinski definition) is 5. The molecule has 1 aliphatic heterocycles. The van der Waals surface area contributed by atoms with Crippen LogP contribution in [0.2, 0.25) is 0 Å². The van der Waals surface area contributed by atoms with Gasteiger partial charge in [-0.3, -0.25) is 4.79 Å². The maximum atomic E-state index is 12.6. The minimum Gasteiger partial charge on any atom is -0.345 e. The fourth-order valence-corrected chi connectivity index (χ4v) is 3.65. The number of anilines is 1. The highest BCUT2D eigenvalue weighted by Crippen LogP contribution is 2.35. The standard InChI is InChI=1S/C20H25N5O.2ClH/c1-14-2-4-15(5-3-14)11-25-7-6-24(12-20(25)26)19-10-18(22-13-23-19)16-8-17(21)9-16;;/h2-5,10,13,16-17H,6-9,11-12,21H2,1H3;2*1H. The van der Waals surface area contributed by atoms with Gasteiger partial charge in [-0.25, -0.2) is 9.97 Å². The van der Waals surface area contributed by atoms with Gasteiger partial charge in [0, 0.05) is 43.4 Å². The number of rotatable bonds is 4. The number of carbonyl (C=O) groups is 1. The van der Waals surface area contributed by atoms with Crippen molar-refractivity contribution in [2.45, 2.75) is 38.3 Å². The van der Waals surface area contributed by atoms with Crippen LogP contribution in [0.4, 0.5) is 5.82 Å². The lowest BCUT2D eigenvalue weighted by atomic mass is 9.78. The molecule has 2 aromatic rings. The first kappa shape index (κ1) is 22.4. The van der Waals surface area contributed by atoms with Crippen LogP contribution in [0.1, 0.15) is 35.6 Å². The lowest BCUT2D eigenvalue weighted by Gasteiger charge is -2.36. The fourth-order valence-electron chi connectivity index (χ4n) is 3.65. The quantitative estimate of drug-likeness (QED) is 0.817. The Labute approximate surface area is 178 Å². The minimum absolute atomic E-state index is 0. The second kappa shape index (κ2) is 9.54. The maximum absolute atomic E-state index is 12.6. The molecule has 0 atom stereocenters. The molecule has 152 valence electrons. The van der Waals surface area contributed by atoms with Gasteiger partial charge in [0.1, 0.15) is 12.1 Å². The summed E-state index contributed by atoms with van der Waals surface area (Å²) >= 11 is 0. The van der Waals surface area contributed by atoms with Gasteiger partial charge in [0.2, 0.25) is 5.91 Å². The first-order chi connectivity index (χ1) is 12.6. The average molecular weight is 424 g/mol. The predicted octanol–water partition coefficient (Wildman–Crippen LogP) is 2.68. The Morgan fingerprint density at radius 2 is 1.82 bits per heavy atom. The number of nitrogens with two attached hydrogens (primary N) is 1. The van der Waals surface area contributed by atoms with Crippen molar-refractivity contribution in [1.29, 1.82) is 0 Å². The first-order valence-electron chi connectivity index (χ1n) is 9.24. The van der Waals surface area contributed by atoms with Crippen LogP contribution in [0.15, 0.2) is 36.7 Å². The van der Waals surface area contributed by atoms with Crippen LogP contribution in [0.25, 0.3) is 0 Å². The van der Waals surface area contributed by atoms with Crippen molar-refractivity contribution in [2.24, 2.45) is 5.73 Å².